The van der Waals surface area contributed by atoms with Gasteiger partial charge in [0.25, 0.3) is 11.8 Å². The summed E-state index contributed by atoms with van der Waals surface area (Å²) in [5, 5.41) is 10.7. The van der Waals surface area contributed by atoms with Gasteiger partial charge < -0.3 is 10.0 Å². The topological polar surface area (TPSA) is 60.9 Å². The van der Waals surface area contributed by atoms with Crippen molar-refractivity contribution in [2.24, 2.45) is 5.92 Å². The number of likely N-dealkylation sites (tertiary alicyclic amines) is 1. The van der Waals surface area contributed by atoms with Crippen molar-refractivity contribution in [3.63, 3.8) is 0 Å². The SMILES string of the molecule is O=C1C(c2ccc(Cl)cc2)=C(N2CCCC(CO)C2)C(=O)N1Cc1ccccc1Cl. The maximum absolute atomic E-state index is 13.5. The van der Waals surface area contributed by atoms with Crippen molar-refractivity contribution in [2.45, 2.75) is 19.4 Å². The van der Waals surface area contributed by atoms with Crippen LogP contribution in [-0.4, -0.2) is 46.4 Å². The normalized spacial score (nSPS) is 19.8. The van der Waals surface area contributed by atoms with Crippen molar-refractivity contribution in [2.75, 3.05) is 19.7 Å². The van der Waals surface area contributed by atoms with Gasteiger partial charge in [0.05, 0.1) is 12.1 Å². The zero-order chi connectivity index (χ0) is 21.3. The third-order valence-electron chi connectivity index (χ3n) is 5.66. The fourth-order valence-corrected chi connectivity index (χ4v) is 4.41. The second-order valence-electron chi connectivity index (χ2n) is 7.66. The summed E-state index contributed by atoms with van der Waals surface area (Å²) in [6.07, 6.45) is 1.76. The van der Waals surface area contributed by atoms with Crippen molar-refractivity contribution >= 4 is 40.6 Å². The van der Waals surface area contributed by atoms with Crippen LogP contribution in [0.4, 0.5) is 0 Å². The molecule has 2 amide bonds. The summed E-state index contributed by atoms with van der Waals surface area (Å²) >= 11 is 12.3. The molecule has 2 aliphatic heterocycles. The highest BCUT2D eigenvalue weighted by atomic mass is 35.5. The van der Waals surface area contributed by atoms with E-state index in [2.05, 4.69) is 0 Å². The molecule has 7 heteroatoms. The molecule has 0 saturated carbocycles. The van der Waals surface area contributed by atoms with E-state index in [9.17, 15) is 14.7 Å². The number of carbonyl (C=O) groups is 2. The minimum absolute atomic E-state index is 0.0610. The standard InChI is InChI=1S/C23H22Cl2N2O3/c24-18-9-7-16(8-10-18)20-21(26-11-3-4-15(12-26)14-28)23(30)27(22(20)29)13-17-5-1-2-6-19(17)25/h1-2,5-10,15,28H,3-4,11-14H2. The second kappa shape index (κ2) is 8.80. The number of hydrogen-bond donors (Lipinski definition) is 1. The Kier molecular flexibility index (Phi) is 6.14. The summed E-state index contributed by atoms with van der Waals surface area (Å²) < 4.78 is 0. The molecule has 1 atom stereocenters. The van der Waals surface area contributed by atoms with Gasteiger partial charge in [-0.1, -0.05) is 53.5 Å². The molecule has 4 rings (SSSR count). The lowest BCUT2D eigenvalue weighted by Crippen LogP contribution is -2.40. The number of benzene rings is 2. The van der Waals surface area contributed by atoms with Crippen LogP contribution in [0.25, 0.3) is 5.57 Å². The molecule has 2 heterocycles. The van der Waals surface area contributed by atoms with Gasteiger partial charge in [-0.15, -0.1) is 0 Å². The molecule has 0 radical (unpaired) electrons. The molecular weight excluding hydrogens is 423 g/mol. The van der Waals surface area contributed by atoms with Gasteiger partial charge in [0.2, 0.25) is 0 Å². The molecular formula is C23H22Cl2N2O3. The van der Waals surface area contributed by atoms with Gasteiger partial charge in [-0.25, -0.2) is 0 Å². The Morgan fingerprint density at radius 3 is 2.43 bits per heavy atom. The monoisotopic (exact) mass is 444 g/mol. The molecule has 30 heavy (non-hydrogen) atoms. The molecule has 2 aromatic carbocycles. The van der Waals surface area contributed by atoms with Crippen LogP contribution in [0.1, 0.15) is 24.0 Å². The molecule has 0 bridgehead atoms. The number of aliphatic hydroxyl groups is 1. The minimum atomic E-state index is -0.344. The average Bonchev–Trinajstić information content (AvgIpc) is 3.00. The Balaban J connectivity index is 1.74. The van der Waals surface area contributed by atoms with Crippen LogP contribution in [0.2, 0.25) is 10.0 Å². The van der Waals surface area contributed by atoms with E-state index in [0.717, 1.165) is 12.8 Å². The molecule has 5 nitrogen and oxygen atoms in total. The zero-order valence-corrected chi connectivity index (χ0v) is 17.9. The lowest BCUT2D eigenvalue weighted by molar-refractivity contribution is -0.138. The summed E-state index contributed by atoms with van der Waals surface area (Å²) in [5.41, 5.74) is 2.14. The van der Waals surface area contributed by atoms with E-state index >= 15 is 0 Å². The van der Waals surface area contributed by atoms with Crippen LogP contribution in [0.15, 0.2) is 54.2 Å². The van der Waals surface area contributed by atoms with E-state index in [-0.39, 0.29) is 30.9 Å². The van der Waals surface area contributed by atoms with Crippen LogP contribution in [0.5, 0.6) is 0 Å². The number of carbonyl (C=O) groups excluding carboxylic acids is 2. The first-order chi connectivity index (χ1) is 14.5. The molecule has 156 valence electrons. The highest BCUT2D eigenvalue weighted by Crippen LogP contribution is 2.35. The van der Waals surface area contributed by atoms with E-state index in [4.69, 9.17) is 23.2 Å². The van der Waals surface area contributed by atoms with Gasteiger partial charge in [-0.3, -0.25) is 14.5 Å². The van der Waals surface area contributed by atoms with Gasteiger partial charge in [0.1, 0.15) is 5.70 Å². The Morgan fingerprint density at radius 2 is 1.73 bits per heavy atom. The average molecular weight is 445 g/mol. The molecule has 1 unspecified atom stereocenters. The van der Waals surface area contributed by atoms with E-state index < -0.39 is 0 Å². The van der Waals surface area contributed by atoms with Gasteiger partial charge in [0.15, 0.2) is 0 Å². The van der Waals surface area contributed by atoms with Crippen LogP contribution < -0.4 is 0 Å². The molecule has 0 aromatic heterocycles. The summed E-state index contributed by atoms with van der Waals surface area (Å²) in [4.78, 5) is 30.1. The molecule has 1 N–H and O–H groups in total. The van der Waals surface area contributed by atoms with Crippen LogP contribution in [0.3, 0.4) is 0 Å². The number of imide groups is 1. The quantitative estimate of drug-likeness (QED) is 0.708. The number of nitrogens with zero attached hydrogens (tertiary/aromatic N) is 2. The summed E-state index contributed by atoms with van der Waals surface area (Å²) in [7, 11) is 0. The lowest BCUT2D eigenvalue weighted by atomic mass is 9.97. The highest BCUT2D eigenvalue weighted by Gasteiger charge is 2.42. The smallest absolute Gasteiger partial charge is 0.278 e. The maximum Gasteiger partial charge on any atom is 0.278 e. The van der Waals surface area contributed by atoms with E-state index in [1.807, 2.05) is 23.1 Å². The third-order valence-corrected chi connectivity index (χ3v) is 6.28. The maximum atomic E-state index is 13.5. The van der Waals surface area contributed by atoms with Gasteiger partial charge in [-0.05, 0) is 48.1 Å². The first-order valence-corrected chi connectivity index (χ1v) is 10.7. The van der Waals surface area contributed by atoms with E-state index in [1.165, 1.54) is 4.90 Å². The van der Waals surface area contributed by atoms with Crippen molar-refractivity contribution in [1.29, 1.82) is 0 Å². The largest absolute Gasteiger partial charge is 0.396 e. The summed E-state index contributed by atoms with van der Waals surface area (Å²) in [6.45, 7) is 1.38. The van der Waals surface area contributed by atoms with Crippen molar-refractivity contribution in [1.82, 2.24) is 9.80 Å². The lowest BCUT2D eigenvalue weighted by Gasteiger charge is -2.34. The summed E-state index contributed by atoms with van der Waals surface area (Å²) in [6, 6.07) is 14.1. The second-order valence-corrected chi connectivity index (χ2v) is 8.50. The summed E-state index contributed by atoms with van der Waals surface area (Å²) in [5.74, 6) is -0.593. The Labute approximate surface area is 185 Å². The van der Waals surface area contributed by atoms with Crippen molar-refractivity contribution in [3.05, 3.63) is 75.4 Å². The van der Waals surface area contributed by atoms with Crippen molar-refractivity contribution < 1.29 is 14.7 Å². The Hall–Kier alpha value is -2.34. The zero-order valence-electron chi connectivity index (χ0n) is 16.4. The van der Waals surface area contributed by atoms with Crippen LogP contribution in [0, 0.1) is 5.92 Å². The molecule has 1 fully saturated rings. The van der Waals surface area contributed by atoms with E-state index in [1.54, 1.807) is 30.3 Å². The Bertz CT molecular complexity index is 1000. The Morgan fingerprint density at radius 1 is 1.00 bits per heavy atom. The first-order valence-electron chi connectivity index (χ1n) is 9.95. The third kappa shape index (κ3) is 3.97. The number of rotatable bonds is 5. The number of hydrogen-bond acceptors (Lipinski definition) is 4. The van der Waals surface area contributed by atoms with Gasteiger partial charge in [-0.2, -0.15) is 0 Å². The van der Waals surface area contributed by atoms with Crippen LogP contribution in [-0.2, 0) is 16.1 Å². The van der Waals surface area contributed by atoms with Gasteiger partial charge >= 0.3 is 0 Å². The highest BCUT2D eigenvalue weighted by molar-refractivity contribution is 6.36. The minimum Gasteiger partial charge on any atom is -0.396 e. The van der Waals surface area contributed by atoms with Crippen LogP contribution >= 0.6 is 23.2 Å². The molecule has 1 saturated heterocycles. The van der Waals surface area contributed by atoms with Gasteiger partial charge in [0, 0.05) is 29.7 Å². The number of piperidine rings is 1. The number of aliphatic hydroxyl groups excluding tert-OH is 1. The van der Waals surface area contributed by atoms with E-state index in [0.29, 0.717) is 45.5 Å². The predicted octanol–water partition coefficient (Wildman–Crippen LogP) is 3.98. The fourth-order valence-electron chi connectivity index (χ4n) is 4.09. The molecule has 0 spiro atoms. The fraction of sp³-hybridized carbons (Fsp3) is 0.304. The number of halogens is 2. The molecule has 2 aliphatic rings. The molecule has 2 aromatic rings. The van der Waals surface area contributed by atoms with Crippen molar-refractivity contribution in [3.8, 4) is 0 Å². The predicted molar refractivity (Wildman–Crippen MR) is 117 cm³/mol. The first kappa shape index (κ1) is 20.9. The number of amides is 2. The molecule has 0 aliphatic carbocycles.